The van der Waals surface area contributed by atoms with Crippen LogP contribution in [0.1, 0.15) is 23.4 Å². The molecular formula is C11H18N2O2S. The van der Waals surface area contributed by atoms with E-state index in [4.69, 9.17) is 4.74 Å². The molecule has 4 nitrogen and oxygen atoms in total. The highest BCUT2D eigenvalue weighted by molar-refractivity contribution is 7.15. The van der Waals surface area contributed by atoms with E-state index in [0.29, 0.717) is 6.61 Å². The van der Waals surface area contributed by atoms with Crippen molar-refractivity contribution in [2.24, 2.45) is 5.92 Å². The first-order chi connectivity index (χ1) is 7.74. The van der Waals surface area contributed by atoms with Crippen molar-refractivity contribution in [3.05, 3.63) is 10.6 Å². The predicted octanol–water partition coefficient (Wildman–Crippen LogP) is 1.63. The van der Waals surface area contributed by atoms with Gasteiger partial charge in [-0.1, -0.05) is 11.3 Å². The van der Waals surface area contributed by atoms with Gasteiger partial charge in [0.15, 0.2) is 5.13 Å². The summed E-state index contributed by atoms with van der Waals surface area (Å²) < 4.78 is 5.07. The van der Waals surface area contributed by atoms with Crippen LogP contribution >= 0.6 is 11.3 Å². The minimum Gasteiger partial charge on any atom is -0.391 e. The van der Waals surface area contributed by atoms with Crippen LogP contribution in [0.25, 0.3) is 0 Å². The first-order valence-electron chi connectivity index (χ1n) is 5.54. The Kier molecular flexibility index (Phi) is 3.78. The first-order valence-corrected chi connectivity index (χ1v) is 6.35. The van der Waals surface area contributed by atoms with Gasteiger partial charge in [-0.2, -0.15) is 0 Å². The maximum absolute atomic E-state index is 9.23. The quantitative estimate of drug-likeness (QED) is 0.823. The van der Waals surface area contributed by atoms with Gasteiger partial charge in [0.2, 0.25) is 0 Å². The van der Waals surface area contributed by atoms with Crippen LogP contribution in [-0.4, -0.2) is 30.8 Å². The Bertz CT molecular complexity index is 350. The highest BCUT2D eigenvalue weighted by atomic mass is 32.1. The number of thiazole rings is 1. The number of hydrogen-bond acceptors (Lipinski definition) is 5. The number of aromatic nitrogens is 1. The van der Waals surface area contributed by atoms with Crippen molar-refractivity contribution < 1.29 is 9.84 Å². The lowest BCUT2D eigenvalue weighted by atomic mass is 10.4. The average Bonchev–Trinajstić information content (AvgIpc) is 2.97. The molecule has 0 radical (unpaired) electrons. The monoisotopic (exact) mass is 242 g/mol. The van der Waals surface area contributed by atoms with E-state index in [1.165, 1.54) is 12.8 Å². The third-order valence-electron chi connectivity index (χ3n) is 2.75. The standard InChI is InChI=1S/C11H18N2O2S/c1-13(5-8-3-4-8)11-12-9(7-15-2)10(6-14)16-11/h8,14H,3-7H2,1-2H3. The molecule has 0 amide bonds. The van der Waals surface area contributed by atoms with E-state index >= 15 is 0 Å². The summed E-state index contributed by atoms with van der Waals surface area (Å²) >= 11 is 1.56. The minimum atomic E-state index is 0.0492. The number of ether oxygens (including phenoxy) is 1. The fourth-order valence-corrected chi connectivity index (χ4v) is 2.57. The van der Waals surface area contributed by atoms with E-state index in [0.717, 1.165) is 28.2 Å². The molecule has 1 aliphatic rings. The van der Waals surface area contributed by atoms with Crippen LogP contribution in [0, 0.1) is 5.92 Å². The topological polar surface area (TPSA) is 45.6 Å². The van der Waals surface area contributed by atoms with Crippen LogP contribution in [0.3, 0.4) is 0 Å². The molecule has 0 bridgehead atoms. The summed E-state index contributed by atoms with van der Waals surface area (Å²) in [7, 11) is 3.71. The van der Waals surface area contributed by atoms with Crippen molar-refractivity contribution in [1.82, 2.24) is 4.98 Å². The number of anilines is 1. The van der Waals surface area contributed by atoms with Crippen LogP contribution in [0.15, 0.2) is 0 Å². The molecule has 1 fully saturated rings. The van der Waals surface area contributed by atoms with E-state index in [1.807, 2.05) is 0 Å². The summed E-state index contributed by atoms with van der Waals surface area (Å²) in [6.45, 7) is 1.60. The molecule has 0 unspecified atom stereocenters. The molecular weight excluding hydrogens is 224 g/mol. The number of nitrogens with zero attached hydrogens (tertiary/aromatic N) is 2. The maximum atomic E-state index is 9.23. The van der Waals surface area contributed by atoms with Gasteiger partial charge >= 0.3 is 0 Å². The first kappa shape index (κ1) is 11.8. The molecule has 5 heteroatoms. The second kappa shape index (κ2) is 5.12. The Labute approximate surface area is 99.9 Å². The van der Waals surface area contributed by atoms with Gasteiger partial charge in [-0.25, -0.2) is 4.98 Å². The molecule has 1 heterocycles. The van der Waals surface area contributed by atoms with Crippen molar-refractivity contribution in [3.8, 4) is 0 Å². The molecule has 0 saturated heterocycles. The lowest BCUT2D eigenvalue weighted by Crippen LogP contribution is -2.19. The molecule has 1 saturated carbocycles. The highest BCUT2D eigenvalue weighted by Gasteiger charge is 2.24. The van der Waals surface area contributed by atoms with Gasteiger partial charge in [-0.15, -0.1) is 0 Å². The van der Waals surface area contributed by atoms with Crippen molar-refractivity contribution in [1.29, 1.82) is 0 Å². The van der Waals surface area contributed by atoms with Gasteiger partial charge in [0, 0.05) is 20.7 Å². The lowest BCUT2D eigenvalue weighted by Gasteiger charge is -2.14. The van der Waals surface area contributed by atoms with Crippen molar-refractivity contribution >= 4 is 16.5 Å². The fraction of sp³-hybridized carbons (Fsp3) is 0.727. The van der Waals surface area contributed by atoms with Gasteiger partial charge in [0.25, 0.3) is 0 Å². The average molecular weight is 242 g/mol. The predicted molar refractivity (Wildman–Crippen MR) is 64.7 cm³/mol. The molecule has 0 atom stereocenters. The molecule has 0 aliphatic heterocycles. The molecule has 0 aromatic carbocycles. The van der Waals surface area contributed by atoms with E-state index in [2.05, 4.69) is 16.9 Å². The Hall–Kier alpha value is -0.650. The number of aliphatic hydroxyl groups is 1. The van der Waals surface area contributed by atoms with Crippen LogP contribution in [-0.2, 0) is 18.0 Å². The third-order valence-corrected chi connectivity index (χ3v) is 3.94. The Morgan fingerprint density at radius 2 is 2.31 bits per heavy atom. The Morgan fingerprint density at radius 1 is 1.56 bits per heavy atom. The third kappa shape index (κ3) is 2.72. The molecule has 0 spiro atoms. The Balaban J connectivity index is 2.07. The maximum Gasteiger partial charge on any atom is 0.185 e. The molecule has 2 rings (SSSR count). The number of hydrogen-bond donors (Lipinski definition) is 1. The van der Waals surface area contributed by atoms with Crippen LogP contribution in [0.2, 0.25) is 0 Å². The lowest BCUT2D eigenvalue weighted by molar-refractivity contribution is 0.179. The fourth-order valence-electron chi connectivity index (χ4n) is 1.67. The van der Waals surface area contributed by atoms with Crippen molar-refractivity contribution in [3.63, 3.8) is 0 Å². The van der Waals surface area contributed by atoms with E-state index < -0.39 is 0 Å². The van der Waals surface area contributed by atoms with Gasteiger partial charge < -0.3 is 14.7 Å². The zero-order valence-corrected chi connectivity index (χ0v) is 10.6. The number of methoxy groups -OCH3 is 1. The SMILES string of the molecule is COCc1nc(N(C)CC2CC2)sc1CO. The van der Waals surface area contributed by atoms with Gasteiger partial charge in [-0.05, 0) is 18.8 Å². The zero-order valence-electron chi connectivity index (χ0n) is 9.77. The van der Waals surface area contributed by atoms with Crippen molar-refractivity contribution in [2.75, 3.05) is 25.6 Å². The minimum absolute atomic E-state index is 0.0492. The largest absolute Gasteiger partial charge is 0.391 e. The summed E-state index contributed by atoms with van der Waals surface area (Å²) in [5.74, 6) is 0.845. The summed E-state index contributed by atoms with van der Waals surface area (Å²) in [6, 6.07) is 0. The zero-order chi connectivity index (χ0) is 11.5. The van der Waals surface area contributed by atoms with E-state index in [1.54, 1.807) is 18.4 Å². The van der Waals surface area contributed by atoms with Crippen LogP contribution < -0.4 is 4.90 Å². The van der Waals surface area contributed by atoms with E-state index in [-0.39, 0.29) is 6.61 Å². The Morgan fingerprint density at radius 3 is 2.88 bits per heavy atom. The van der Waals surface area contributed by atoms with Gasteiger partial charge in [-0.3, -0.25) is 0 Å². The highest BCUT2D eigenvalue weighted by Crippen LogP contribution is 2.33. The molecule has 1 aromatic heterocycles. The molecule has 1 aromatic rings. The smallest absolute Gasteiger partial charge is 0.185 e. The molecule has 1 N–H and O–H groups in total. The second-order valence-corrected chi connectivity index (χ2v) is 5.34. The molecule has 16 heavy (non-hydrogen) atoms. The van der Waals surface area contributed by atoms with Crippen LogP contribution in [0.5, 0.6) is 0 Å². The van der Waals surface area contributed by atoms with Gasteiger partial charge in [0.1, 0.15) is 0 Å². The summed E-state index contributed by atoms with van der Waals surface area (Å²) in [5, 5.41) is 10.2. The summed E-state index contributed by atoms with van der Waals surface area (Å²) in [4.78, 5) is 7.61. The number of rotatable bonds is 6. The van der Waals surface area contributed by atoms with E-state index in [9.17, 15) is 5.11 Å². The number of aliphatic hydroxyl groups excluding tert-OH is 1. The molecule has 1 aliphatic carbocycles. The summed E-state index contributed by atoms with van der Waals surface area (Å²) in [6.07, 6.45) is 2.68. The second-order valence-electron chi connectivity index (χ2n) is 4.28. The normalized spacial score (nSPS) is 15.4. The van der Waals surface area contributed by atoms with Crippen LogP contribution in [0.4, 0.5) is 5.13 Å². The van der Waals surface area contributed by atoms with Crippen molar-refractivity contribution in [2.45, 2.75) is 26.1 Å². The summed E-state index contributed by atoms with van der Waals surface area (Å²) in [5.41, 5.74) is 0.868. The van der Waals surface area contributed by atoms with Gasteiger partial charge in [0.05, 0.1) is 23.8 Å². The molecule has 90 valence electrons.